The van der Waals surface area contributed by atoms with Gasteiger partial charge in [0.2, 0.25) is 0 Å². The van der Waals surface area contributed by atoms with Gasteiger partial charge >= 0.3 is 12.4 Å². The molecule has 1 aliphatic heterocycles. The van der Waals surface area contributed by atoms with Crippen LogP contribution in [0.2, 0.25) is 0 Å². The average molecular weight is 524 g/mol. The predicted octanol–water partition coefficient (Wildman–Crippen LogP) is 5.69. The van der Waals surface area contributed by atoms with E-state index in [0.717, 1.165) is 50.4 Å². The molecule has 198 valence electrons. The van der Waals surface area contributed by atoms with Crippen molar-refractivity contribution in [3.05, 3.63) is 89.2 Å². The number of hydrogen-bond donors (Lipinski definition) is 1. The summed E-state index contributed by atoms with van der Waals surface area (Å²) >= 11 is 0. The van der Waals surface area contributed by atoms with Crippen LogP contribution in [0.15, 0.2) is 67.0 Å². The Morgan fingerprint density at radius 1 is 0.730 bits per heavy atom. The lowest BCUT2D eigenvalue weighted by molar-refractivity contribution is -0.376. The van der Waals surface area contributed by atoms with Gasteiger partial charge in [-0.2, -0.15) is 26.3 Å². The first-order valence-corrected chi connectivity index (χ1v) is 11.8. The van der Waals surface area contributed by atoms with E-state index in [0.29, 0.717) is 23.3 Å². The van der Waals surface area contributed by atoms with Gasteiger partial charge in [-0.05, 0) is 46.9 Å². The number of piperazine rings is 1. The summed E-state index contributed by atoms with van der Waals surface area (Å²) in [5.41, 5.74) is -1.89. The van der Waals surface area contributed by atoms with Crippen molar-refractivity contribution in [3.63, 3.8) is 0 Å². The van der Waals surface area contributed by atoms with Gasteiger partial charge in [-0.1, -0.05) is 42.5 Å². The maximum atomic E-state index is 13.2. The van der Waals surface area contributed by atoms with Gasteiger partial charge in [0.1, 0.15) is 0 Å². The molecule has 10 heteroatoms. The summed E-state index contributed by atoms with van der Waals surface area (Å²) in [6, 6.07) is 13.4. The number of aliphatic hydroxyl groups is 1. The van der Waals surface area contributed by atoms with Crippen LogP contribution in [0.25, 0.3) is 11.1 Å². The van der Waals surface area contributed by atoms with E-state index >= 15 is 0 Å². The molecule has 37 heavy (non-hydrogen) atoms. The predicted molar refractivity (Wildman–Crippen MR) is 127 cm³/mol. The van der Waals surface area contributed by atoms with E-state index < -0.39 is 23.5 Å². The third-order valence-corrected chi connectivity index (χ3v) is 6.75. The van der Waals surface area contributed by atoms with E-state index in [1.54, 1.807) is 12.4 Å². The number of hydrogen-bond acceptors (Lipinski definition) is 4. The van der Waals surface area contributed by atoms with Gasteiger partial charge in [-0.3, -0.25) is 14.8 Å². The summed E-state index contributed by atoms with van der Waals surface area (Å²) in [6.07, 6.45) is -8.24. The zero-order chi connectivity index (χ0) is 26.8. The smallest absolute Gasteiger partial charge is 0.369 e. The van der Waals surface area contributed by atoms with Crippen LogP contribution in [-0.2, 0) is 18.7 Å². The summed E-state index contributed by atoms with van der Waals surface area (Å²) in [5.74, 6) is 0. The molecule has 1 N–H and O–H groups in total. The Balaban J connectivity index is 1.41. The molecule has 1 aromatic heterocycles. The molecule has 0 radical (unpaired) electrons. The van der Waals surface area contributed by atoms with E-state index in [4.69, 9.17) is 0 Å². The minimum atomic E-state index is -5.91. The lowest BCUT2D eigenvalue weighted by atomic mass is 9.90. The highest BCUT2D eigenvalue weighted by Crippen LogP contribution is 2.50. The summed E-state index contributed by atoms with van der Waals surface area (Å²) in [5, 5.41) is 9.59. The molecule has 0 bridgehead atoms. The van der Waals surface area contributed by atoms with Crippen molar-refractivity contribution in [1.82, 2.24) is 14.8 Å². The normalized spacial score (nSPS) is 16.2. The fourth-order valence-electron chi connectivity index (χ4n) is 4.64. The van der Waals surface area contributed by atoms with Crippen molar-refractivity contribution in [3.8, 4) is 11.1 Å². The van der Waals surface area contributed by atoms with Crippen molar-refractivity contribution in [1.29, 1.82) is 0 Å². The van der Waals surface area contributed by atoms with Crippen molar-refractivity contribution in [2.24, 2.45) is 0 Å². The van der Waals surface area contributed by atoms with E-state index in [9.17, 15) is 31.4 Å². The number of benzene rings is 2. The van der Waals surface area contributed by atoms with Crippen molar-refractivity contribution < 1.29 is 31.4 Å². The average Bonchev–Trinajstić information content (AvgIpc) is 2.84. The minimum absolute atomic E-state index is 0.462. The summed E-state index contributed by atoms with van der Waals surface area (Å²) in [7, 11) is 0. The van der Waals surface area contributed by atoms with Crippen LogP contribution in [-0.4, -0.2) is 58.4 Å². The van der Waals surface area contributed by atoms with Crippen LogP contribution >= 0.6 is 0 Å². The van der Waals surface area contributed by atoms with E-state index in [1.165, 1.54) is 17.7 Å². The Morgan fingerprint density at radius 3 is 1.73 bits per heavy atom. The third-order valence-electron chi connectivity index (χ3n) is 6.75. The lowest BCUT2D eigenvalue weighted by Crippen LogP contribution is -2.53. The van der Waals surface area contributed by atoms with Gasteiger partial charge in [0.15, 0.2) is 0 Å². The minimum Gasteiger partial charge on any atom is -0.369 e. The van der Waals surface area contributed by atoms with Crippen molar-refractivity contribution >= 4 is 0 Å². The molecule has 1 aliphatic rings. The second kappa shape index (κ2) is 10.4. The molecular weight excluding hydrogens is 496 g/mol. The summed E-state index contributed by atoms with van der Waals surface area (Å²) in [4.78, 5) is 8.78. The van der Waals surface area contributed by atoms with Gasteiger partial charge < -0.3 is 5.11 Å². The molecule has 0 saturated carbocycles. The van der Waals surface area contributed by atoms with Crippen LogP contribution in [0.5, 0.6) is 0 Å². The lowest BCUT2D eigenvalue weighted by Gasteiger charge is -2.34. The first-order valence-electron chi connectivity index (χ1n) is 11.8. The molecule has 1 saturated heterocycles. The van der Waals surface area contributed by atoms with E-state index in [2.05, 4.69) is 14.8 Å². The molecule has 0 atom stereocenters. The molecule has 4 nitrogen and oxygen atoms in total. The first kappa shape index (κ1) is 27.1. The van der Waals surface area contributed by atoms with Gasteiger partial charge in [0.05, 0.1) is 0 Å². The molecular formula is C27H27F6N3O. The molecule has 0 unspecified atom stereocenters. The number of nitrogens with zero attached hydrogens (tertiary/aromatic N) is 3. The van der Waals surface area contributed by atoms with Crippen LogP contribution in [0.1, 0.15) is 22.3 Å². The van der Waals surface area contributed by atoms with Crippen LogP contribution in [0.4, 0.5) is 26.3 Å². The van der Waals surface area contributed by atoms with Gasteiger partial charge in [-0.15, -0.1) is 0 Å². The van der Waals surface area contributed by atoms with Gasteiger partial charge in [-0.25, -0.2) is 0 Å². The standard InChI is InChI=1S/C27H27F6N3O/c1-19-16-21(18-36-14-12-35(13-15-36)17-20-8-10-34-11-9-20)2-7-24(19)22-3-5-23(6-4-22)25(37,26(28,29)30)27(31,32)33/h2-11,16,37H,12-15,17-18H2,1H3. The number of rotatable bonds is 6. The Morgan fingerprint density at radius 2 is 1.24 bits per heavy atom. The third kappa shape index (κ3) is 5.81. The number of alkyl halides is 6. The van der Waals surface area contributed by atoms with Crippen LogP contribution < -0.4 is 0 Å². The maximum Gasteiger partial charge on any atom is 0.430 e. The topological polar surface area (TPSA) is 39.6 Å². The molecule has 0 spiro atoms. The highest BCUT2D eigenvalue weighted by molar-refractivity contribution is 5.68. The second-order valence-electron chi connectivity index (χ2n) is 9.34. The van der Waals surface area contributed by atoms with E-state index in [1.807, 2.05) is 37.3 Å². The zero-order valence-corrected chi connectivity index (χ0v) is 20.2. The zero-order valence-electron chi connectivity index (χ0n) is 20.2. The number of halogens is 6. The van der Waals surface area contributed by atoms with E-state index in [-0.39, 0.29) is 0 Å². The largest absolute Gasteiger partial charge is 0.430 e. The van der Waals surface area contributed by atoms with Gasteiger partial charge in [0.25, 0.3) is 5.60 Å². The number of pyridine rings is 1. The number of aryl methyl sites for hydroxylation is 1. The first-order chi connectivity index (χ1) is 17.4. The monoisotopic (exact) mass is 523 g/mol. The molecule has 4 rings (SSSR count). The van der Waals surface area contributed by atoms with Crippen molar-refractivity contribution in [2.45, 2.75) is 38.0 Å². The molecule has 0 aliphatic carbocycles. The molecule has 3 aromatic rings. The highest BCUT2D eigenvalue weighted by Gasteiger charge is 2.71. The SMILES string of the molecule is Cc1cc(CN2CCN(Cc3ccncc3)CC2)ccc1-c1ccc(C(O)(C(F)(F)F)C(F)(F)F)cc1. The summed E-state index contributed by atoms with van der Waals surface area (Å²) < 4.78 is 78.9. The fourth-order valence-corrected chi connectivity index (χ4v) is 4.64. The highest BCUT2D eigenvalue weighted by atomic mass is 19.4. The van der Waals surface area contributed by atoms with Crippen molar-refractivity contribution in [2.75, 3.05) is 26.2 Å². The fraction of sp³-hybridized carbons (Fsp3) is 0.370. The molecule has 1 fully saturated rings. The Hall–Kier alpha value is -2.95. The summed E-state index contributed by atoms with van der Waals surface area (Å²) in [6.45, 7) is 7.17. The number of aromatic nitrogens is 1. The molecule has 2 aromatic carbocycles. The Bertz CT molecular complexity index is 1170. The maximum absolute atomic E-state index is 13.2. The molecule has 0 amide bonds. The van der Waals surface area contributed by atoms with Crippen LogP contribution in [0, 0.1) is 6.92 Å². The van der Waals surface area contributed by atoms with Crippen LogP contribution in [0.3, 0.4) is 0 Å². The molecule has 2 heterocycles. The quantitative estimate of drug-likeness (QED) is 0.422. The Kier molecular flexibility index (Phi) is 7.64. The Labute approximate surface area is 211 Å². The van der Waals surface area contributed by atoms with Gasteiger partial charge in [0, 0.05) is 57.2 Å². The second-order valence-corrected chi connectivity index (χ2v) is 9.34.